The summed E-state index contributed by atoms with van der Waals surface area (Å²) in [6, 6.07) is 13.5. The van der Waals surface area contributed by atoms with Gasteiger partial charge in [0.15, 0.2) is 11.5 Å². The summed E-state index contributed by atoms with van der Waals surface area (Å²) >= 11 is 0. The Morgan fingerprint density at radius 2 is 1.88 bits per heavy atom. The van der Waals surface area contributed by atoms with Gasteiger partial charge in [0, 0.05) is 5.70 Å². The predicted molar refractivity (Wildman–Crippen MR) is 126 cm³/mol. The molecule has 0 saturated carbocycles. The van der Waals surface area contributed by atoms with Crippen molar-refractivity contribution in [2.75, 3.05) is 12.4 Å². The first-order valence-corrected chi connectivity index (χ1v) is 10.8. The maximum atomic E-state index is 12.3. The van der Waals surface area contributed by atoms with Gasteiger partial charge in [-0.05, 0) is 41.2 Å². The number of methoxy groups -OCH3 is 1. The highest BCUT2D eigenvalue weighted by atomic mass is 16.5. The lowest BCUT2D eigenvalue weighted by Crippen LogP contribution is -2.31. The molecule has 8 nitrogen and oxygen atoms in total. The number of hydrogen-bond acceptors (Lipinski definition) is 6. The number of anilines is 1. The lowest BCUT2D eigenvalue weighted by Gasteiger charge is -2.28. The summed E-state index contributed by atoms with van der Waals surface area (Å²) in [4.78, 5) is 16.5. The zero-order valence-electron chi connectivity index (χ0n) is 19.5. The molecule has 0 bridgehead atoms. The summed E-state index contributed by atoms with van der Waals surface area (Å²) in [7, 11) is 1.59. The van der Waals surface area contributed by atoms with Crippen LogP contribution in [-0.4, -0.2) is 27.8 Å². The molecule has 0 aliphatic carbocycles. The van der Waals surface area contributed by atoms with Gasteiger partial charge in [-0.25, -0.2) is 4.68 Å². The molecule has 1 amide bonds. The van der Waals surface area contributed by atoms with Gasteiger partial charge in [-0.3, -0.25) is 4.79 Å². The number of rotatable bonds is 6. The number of nitrogens with one attached hydrogen (secondary N) is 1. The number of nitrogens with zero attached hydrogens (tertiary/aromatic N) is 3. The van der Waals surface area contributed by atoms with Crippen molar-refractivity contribution in [1.82, 2.24) is 14.8 Å². The van der Waals surface area contributed by atoms with Gasteiger partial charge in [0.1, 0.15) is 19.0 Å². The smallest absolute Gasteiger partial charge is 0.248 e. The lowest BCUT2D eigenvalue weighted by atomic mass is 9.87. The minimum absolute atomic E-state index is 0.105. The fourth-order valence-corrected chi connectivity index (χ4v) is 3.95. The highest BCUT2D eigenvalue weighted by Gasteiger charge is 2.32. The van der Waals surface area contributed by atoms with Crippen molar-refractivity contribution in [3.8, 4) is 11.5 Å². The number of carbonyl (C=O) groups excluding carboxylic acids is 1. The summed E-state index contributed by atoms with van der Waals surface area (Å²) in [5.74, 6) is 1.18. The molecule has 2 aromatic carbocycles. The van der Waals surface area contributed by atoms with Crippen molar-refractivity contribution < 1.29 is 14.3 Å². The third-order valence-corrected chi connectivity index (χ3v) is 5.78. The van der Waals surface area contributed by atoms with E-state index in [9.17, 15) is 4.79 Å². The molecule has 8 heteroatoms. The molecule has 33 heavy (non-hydrogen) atoms. The van der Waals surface area contributed by atoms with Crippen LogP contribution in [0.1, 0.15) is 50.4 Å². The van der Waals surface area contributed by atoms with E-state index >= 15 is 0 Å². The largest absolute Gasteiger partial charge is 0.493 e. The Morgan fingerprint density at radius 3 is 2.52 bits per heavy atom. The zero-order valence-corrected chi connectivity index (χ0v) is 19.5. The average molecular weight is 448 g/mol. The van der Waals surface area contributed by atoms with Gasteiger partial charge in [0.2, 0.25) is 11.9 Å². The van der Waals surface area contributed by atoms with Crippen molar-refractivity contribution in [2.24, 2.45) is 5.73 Å². The quantitative estimate of drug-likeness (QED) is 0.593. The Balaban J connectivity index is 1.60. The maximum Gasteiger partial charge on any atom is 0.248 e. The predicted octanol–water partition coefficient (Wildman–Crippen LogP) is 3.94. The minimum atomic E-state index is -0.524. The fraction of sp³-hybridized carbons (Fsp3) is 0.320. The van der Waals surface area contributed by atoms with Gasteiger partial charge in [-0.1, -0.05) is 51.1 Å². The van der Waals surface area contributed by atoms with Crippen LogP contribution in [0.5, 0.6) is 11.5 Å². The Labute approximate surface area is 193 Å². The third-order valence-electron chi connectivity index (χ3n) is 5.78. The second kappa shape index (κ2) is 8.61. The van der Waals surface area contributed by atoms with E-state index in [1.165, 1.54) is 11.9 Å². The Morgan fingerprint density at radius 1 is 1.15 bits per heavy atom. The molecule has 3 N–H and O–H groups in total. The van der Waals surface area contributed by atoms with Crippen molar-refractivity contribution in [2.45, 2.75) is 45.8 Å². The molecule has 172 valence electrons. The molecule has 0 spiro atoms. The molecule has 0 radical (unpaired) electrons. The van der Waals surface area contributed by atoms with Crippen molar-refractivity contribution in [1.29, 1.82) is 0 Å². The Kier molecular flexibility index (Phi) is 5.84. The van der Waals surface area contributed by atoms with Gasteiger partial charge in [-0.15, -0.1) is 0 Å². The monoisotopic (exact) mass is 447 g/mol. The zero-order chi connectivity index (χ0) is 23.8. The van der Waals surface area contributed by atoms with E-state index in [4.69, 9.17) is 15.2 Å². The van der Waals surface area contributed by atoms with E-state index in [2.05, 4.69) is 60.4 Å². The second-order valence-corrected chi connectivity index (χ2v) is 9.10. The summed E-state index contributed by atoms with van der Waals surface area (Å²) in [6.45, 7) is 8.78. The molecule has 0 saturated heterocycles. The first-order chi connectivity index (χ1) is 15.7. The van der Waals surface area contributed by atoms with E-state index < -0.39 is 11.9 Å². The number of fused-ring (bicyclic) bond motifs is 1. The van der Waals surface area contributed by atoms with Crippen LogP contribution in [-0.2, 0) is 16.8 Å². The molecule has 1 aliphatic rings. The molecule has 0 fully saturated rings. The van der Waals surface area contributed by atoms with Gasteiger partial charge < -0.3 is 20.5 Å². The average Bonchev–Trinajstić information content (AvgIpc) is 3.24. The first-order valence-electron chi connectivity index (χ1n) is 10.8. The number of ether oxygens (including phenoxy) is 2. The fourth-order valence-electron chi connectivity index (χ4n) is 3.95. The summed E-state index contributed by atoms with van der Waals surface area (Å²) in [5, 5.41) is 7.36. The van der Waals surface area contributed by atoms with Gasteiger partial charge >= 0.3 is 0 Å². The molecular formula is C25H29N5O3. The number of benzene rings is 2. The van der Waals surface area contributed by atoms with Gasteiger partial charge in [0.05, 0.1) is 12.7 Å². The molecule has 0 unspecified atom stereocenters. The summed E-state index contributed by atoms with van der Waals surface area (Å²) in [5.41, 5.74) is 10.0. The van der Waals surface area contributed by atoms with Crippen LogP contribution in [0.25, 0.3) is 0 Å². The SMILES string of the molecule is COc1cc([C@@H]2C(C(N)=O)=C(C)Nc3ncnn32)ccc1OCc1ccc(C(C)(C)C)cc1. The molecule has 1 aliphatic heterocycles. The van der Waals surface area contributed by atoms with Crippen LogP contribution in [0, 0.1) is 0 Å². The van der Waals surface area contributed by atoms with E-state index in [0.29, 0.717) is 35.3 Å². The minimum Gasteiger partial charge on any atom is -0.493 e. The van der Waals surface area contributed by atoms with E-state index in [-0.39, 0.29) is 5.41 Å². The number of nitrogens with two attached hydrogens (primary N) is 1. The third kappa shape index (κ3) is 4.41. The standard InChI is InChI=1S/C25H29N5O3/c1-15-21(23(26)31)22(30-24(29-15)27-14-28-30)17-8-11-19(20(12-17)32-5)33-13-16-6-9-18(10-7-16)25(2,3)4/h6-12,14,22H,13H2,1-5H3,(H2,26,31)(H,27,28,29)/t22-/m1/s1. The van der Waals surface area contributed by atoms with Crippen molar-refractivity contribution >= 4 is 11.9 Å². The maximum absolute atomic E-state index is 12.3. The summed E-state index contributed by atoms with van der Waals surface area (Å²) < 4.78 is 13.3. The molecule has 1 aromatic heterocycles. The normalized spacial score (nSPS) is 15.6. The molecule has 2 heterocycles. The molecule has 1 atom stereocenters. The van der Waals surface area contributed by atoms with E-state index in [0.717, 1.165) is 11.1 Å². The van der Waals surface area contributed by atoms with Crippen LogP contribution in [0.3, 0.4) is 0 Å². The van der Waals surface area contributed by atoms with Crippen LogP contribution < -0.4 is 20.5 Å². The van der Waals surface area contributed by atoms with Crippen LogP contribution in [0.4, 0.5) is 5.95 Å². The molecule has 3 aromatic rings. The number of hydrogen-bond donors (Lipinski definition) is 2. The van der Waals surface area contributed by atoms with Crippen molar-refractivity contribution in [3.63, 3.8) is 0 Å². The molecule has 4 rings (SSSR count). The Hall–Kier alpha value is -3.81. The van der Waals surface area contributed by atoms with Gasteiger partial charge in [-0.2, -0.15) is 10.1 Å². The van der Waals surface area contributed by atoms with Crippen LogP contribution in [0.15, 0.2) is 60.1 Å². The summed E-state index contributed by atoms with van der Waals surface area (Å²) in [6.07, 6.45) is 1.44. The number of amides is 1. The van der Waals surface area contributed by atoms with E-state index in [1.54, 1.807) is 18.7 Å². The highest BCUT2D eigenvalue weighted by molar-refractivity contribution is 5.95. The van der Waals surface area contributed by atoms with Crippen molar-refractivity contribution in [3.05, 3.63) is 76.8 Å². The van der Waals surface area contributed by atoms with Crippen LogP contribution in [0.2, 0.25) is 0 Å². The number of aromatic nitrogens is 3. The number of carbonyl (C=O) groups is 1. The number of allylic oxidation sites excluding steroid dienone is 1. The lowest BCUT2D eigenvalue weighted by molar-refractivity contribution is -0.115. The number of primary amides is 1. The highest BCUT2D eigenvalue weighted by Crippen LogP contribution is 2.38. The molecular weight excluding hydrogens is 418 g/mol. The van der Waals surface area contributed by atoms with Gasteiger partial charge in [0.25, 0.3) is 0 Å². The Bertz CT molecular complexity index is 1210. The van der Waals surface area contributed by atoms with Crippen LogP contribution >= 0.6 is 0 Å². The first kappa shape index (κ1) is 22.4. The second-order valence-electron chi connectivity index (χ2n) is 9.10. The van der Waals surface area contributed by atoms with E-state index in [1.807, 2.05) is 18.2 Å². The topological polar surface area (TPSA) is 104 Å².